The third kappa shape index (κ3) is 8.39. The van der Waals surface area contributed by atoms with E-state index in [1.807, 2.05) is 6.92 Å². The summed E-state index contributed by atoms with van der Waals surface area (Å²) in [6.45, 7) is 8.19. The summed E-state index contributed by atoms with van der Waals surface area (Å²) in [5, 5.41) is 8.36. The first kappa shape index (κ1) is 32.1. The van der Waals surface area contributed by atoms with Crippen molar-refractivity contribution in [3.05, 3.63) is 71.8 Å². The Morgan fingerprint density at radius 3 is 2.11 bits per heavy atom. The number of benzene rings is 3. The molecule has 0 radical (unpaired) electrons. The normalized spacial score (nSPS) is 14.5. The molecular formula is C32H39N5O7. The first-order valence-electron chi connectivity index (χ1n) is 14.4. The number of ether oxygens (including phenoxy) is 4. The Morgan fingerprint density at radius 2 is 1.52 bits per heavy atom. The van der Waals surface area contributed by atoms with E-state index in [1.165, 1.54) is 13.2 Å². The molecule has 4 rings (SSSR count). The lowest BCUT2D eigenvalue weighted by Gasteiger charge is -2.32. The fraction of sp³-hybridized carbons (Fsp3) is 0.344. The van der Waals surface area contributed by atoms with Gasteiger partial charge >= 0.3 is 12.0 Å². The number of urea groups is 1. The Balaban J connectivity index is 1.47. The van der Waals surface area contributed by atoms with E-state index in [-0.39, 0.29) is 30.0 Å². The maximum Gasteiger partial charge on any atom is 0.340 e. The van der Waals surface area contributed by atoms with Crippen molar-refractivity contribution in [1.29, 1.82) is 0 Å². The van der Waals surface area contributed by atoms with Gasteiger partial charge in [0, 0.05) is 42.3 Å². The molecule has 0 aromatic heterocycles. The Hall–Kier alpha value is -4.81. The molecule has 1 saturated heterocycles. The fourth-order valence-electron chi connectivity index (χ4n) is 4.60. The van der Waals surface area contributed by atoms with Crippen LogP contribution in [0.15, 0.2) is 60.7 Å². The summed E-state index contributed by atoms with van der Waals surface area (Å²) in [6.07, 6.45) is -0.301. The maximum absolute atomic E-state index is 13.4. The van der Waals surface area contributed by atoms with Crippen LogP contribution in [-0.2, 0) is 14.3 Å². The molecule has 3 amide bonds. The zero-order chi connectivity index (χ0) is 31.6. The SMILES string of the molecule is CCOC(=O)c1cc(OC)c(OC(C)N2CCOCC2)cc1NC(=O)C(C)c1ccc(NC(=O)Nc2ccc(N)cc2)cc1. The van der Waals surface area contributed by atoms with Gasteiger partial charge in [-0.05, 0) is 62.7 Å². The van der Waals surface area contributed by atoms with Gasteiger partial charge in [0.05, 0.1) is 44.1 Å². The summed E-state index contributed by atoms with van der Waals surface area (Å²) in [5.74, 6) is -0.844. The van der Waals surface area contributed by atoms with Gasteiger partial charge in [-0.3, -0.25) is 9.69 Å². The zero-order valence-electron chi connectivity index (χ0n) is 25.3. The molecule has 0 spiro atoms. The smallest absolute Gasteiger partial charge is 0.340 e. The van der Waals surface area contributed by atoms with Crippen molar-refractivity contribution >= 4 is 40.7 Å². The van der Waals surface area contributed by atoms with E-state index >= 15 is 0 Å². The van der Waals surface area contributed by atoms with Crippen molar-refractivity contribution in [2.75, 3.05) is 61.7 Å². The summed E-state index contributed by atoms with van der Waals surface area (Å²) < 4.78 is 22.4. The molecule has 1 aliphatic heterocycles. The van der Waals surface area contributed by atoms with Crippen molar-refractivity contribution in [2.45, 2.75) is 32.9 Å². The highest BCUT2D eigenvalue weighted by atomic mass is 16.5. The molecule has 1 fully saturated rings. The van der Waals surface area contributed by atoms with Crippen molar-refractivity contribution in [3.63, 3.8) is 0 Å². The highest BCUT2D eigenvalue weighted by Gasteiger charge is 2.25. The third-order valence-electron chi connectivity index (χ3n) is 7.14. The number of hydrogen-bond donors (Lipinski definition) is 4. The molecular weight excluding hydrogens is 566 g/mol. The van der Waals surface area contributed by atoms with Crippen LogP contribution in [0.3, 0.4) is 0 Å². The van der Waals surface area contributed by atoms with Gasteiger partial charge in [-0.15, -0.1) is 0 Å². The van der Waals surface area contributed by atoms with Crippen molar-refractivity contribution in [1.82, 2.24) is 4.90 Å². The predicted octanol–water partition coefficient (Wildman–Crippen LogP) is 4.90. The lowest BCUT2D eigenvalue weighted by molar-refractivity contribution is -0.117. The number of nitrogen functional groups attached to an aromatic ring is 1. The molecule has 0 saturated carbocycles. The van der Waals surface area contributed by atoms with Crippen LogP contribution >= 0.6 is 0 Å². The number of methoxy groups -OCH3 is 1. The third-order valence-corrected chi connectivity index (χ3v) is 7.14. The monoisotopic (exact) mass is 605 g/mol. The van der Waals surface area contributed by atoms with Crippen LogP contribution in [0.1, 0.15) is 42.6 Å². The van der Waals surface area contributed by atoms with Crippen LogP contribution in [0, 0.1) is 0 Å². The summed E-state index contributed by atoms with van der Waals surface area (Å²) in [4.78, 5) is 40.8. The minimum atomic E-state index is -0.603. The second-order valence-corrected chi connectivity index (χ2v) is 10.2. The van der Waals surface area contributed by atoms with Crippen LogP contribution in [0.4, 0.5) is 27.5 Å². The summed E-state index contributed by atoms with van der Waals surface area (Å²) in [7, 11) is 1.48. The largest absolute Gasteiger partial charge is 0.493 e. The van der Waals surface area contributed by atoms with Gasteiger partial charge in [0.2, 0.25) is 5.91 Å². The van der Waals surface area contributed by atoms with E-state index in [0.29, 0.717) is 60.4 Å². The Morgan fingerprint density at radius 1 is 0.909 bits per heavy atom. The molecule has 3 aromatic carbocycles. The van der Waals surface area contributed by atoms with Crippen LogP contribution in [0.25, 0.3) is 0 Å². The summed E-state index contributed by atoms with van der Waals surface area (Å²) in [5.41, 5.74) is 8.51. The van der Waals surface area contributed by atoms with Gasteiger partial charge in [0.1, 0.15) is 6.23 Å². The minimum Gasteiger partial charge on any atom is -0.493 e. The second-order valence-electron chi connectivity index (χ2n) is 10.2. The van der Waals surface area contributed by atoms with Gasteiger partial charge in [-0.1, -0.05) is 12.1 Å². The molecule has 44 heavy (non-hydrogen) atoms. The number of nitrogens with one attached hydrogen (secondary N) is 3. The summed E-state index contributed by atoms with van der Waals surface area (Å²) >= 11 is 0. The average Bonchev–Trinajstić information content (AvgIpc) is 3.02. The molecule has 1 aliphatic rings. The standard InChI is InChI=1S/C32H39N5O7/c1-5-43-31(39)26-18-28(41-4)29(44-21(3)37-14-16-42-17-15-37)19-27(26)36-30(38)20(2)22-6-10-24(11-7-22)34-32(40)35-25-12-8-23(33)9-13-25/h6-13,18-21H,5,14-17,33H2,1-4H3,(H,36,38)(H2,34,35,40). The van der Waals surface area contributed by atoms with E-state index in [0.717, 1.165) is 0 Å². The molecule has 2 unspecified atom stereocenters. The number of anilines is 4. The molecule has 2 atom stereocenters. The second kappa shape index (κ2) is 15.1. The first-order chi connectivity index (χ1) is 21.2. The summed E-state index contributed by atoms with van der Waals surface area (Å²) in [6, 6.07) is 16.4. The van der Waals surface area contributed by atoms with E-state index in [2.05, 4.69) is 20.9 Å². The molecule has 0 aliphatic carbocycles. The number of morpholine rings is 1. The van der Waals surface area contributed by atoms with Gasteiger partial charge in [0.25, 0.3) is 0 Å². The Kier molecular flexibility index (Phi) is 11.0. The molecule has 0 bridgehead atoms. The van der Waals surface area contributed by atoms with E-state index in [1.54, 1.807) is 68.4 Å². The van der Waals surface area contributed by atoms with Crippen LogP contribution in [-0.4, -0.2) is 69.1 Å². The number of carbonyl (C=O) groups is 3. The molecule has 5 N–H and O–H groups in total. The molecule has 3 aromatic rings. The van der Waals surface area contributed by atoms with Crippen molar-refractivity contribution < 1.29 is 33.3 Å². The molecule has 12 heteroatoms. The highest BCUT2D eigenvalue weighted by molar-refractivity contribution is 6.04. The number of carbonyl (C=O) groups excluding carboxylic acids is 3. The Labute approximate surface area is 256 Å². The topological polar surface area (TPSA) is 153 Å². The predicted molar refractivity (Wildman–Crippen MR) is 168 cm³/mol. The van der Waals surface area contributed by atoms with Gasteiger partial charge in [-0.25, -0.2) is 9.59 Å². The van der Waals surface area contributed by atoms with E-state index in [4.69, 9.17) is 24.7 Å². The molecule has 12 nitrogen and oxygen atoms in total. The number of nitrogens with zero attached hydrogens (tertiary/aromatic N) is 1. The zero-order valence-corrected chi connectivity index (χ0v) is 25.3. The lowest BCUT2D eigenvalue weighted by atomic mass is 9.99. The Bertz CT molecular complexity index is 1440. The quantitative estimate of drug-likeness (QED) is 0.177. The first-order valence-corrected chi connectivity index (χ1v) is 14.4. The lowest BCUT2D eigenvalue weighted by Crippen LogP contribution is -2.44. The van der Waals surface area contributed by atoms with Gasteiger partial charge in [0.15, 0.2) is 11.5 Å². The number of esters is 1. The van der Waals surface area contributed by atoms with Gasteiger partial charge in [-0.2, -0.15) is 0 Å². The number of hydrogen-bond acceptors (Lipinski definition) is 9. The highest BCUT2D eigenvalue weighted by Crippen LogP contribution is 2.36. The number of rotatable bonds is 11. The van der Waals surface area contributed by atoms with Crippen LogP contribution in [0.5, 0.6) is 11.5 Å². The van der Waals surface area contributed by atoms with E-state index in [9.17, 15) is 14.4 Å². The van der Waals surface area contributed by atoms with E-state index < -0.39 is 17.9 Å². The maximum atomic E-state index is 13.4. The van der Waals surface area contributed by atoms with Crippen molar-refractivity contribution in [2.24, 2.45) is 0 Å². The fourth-order valence-corrected chi connectivity index (χ4v) is 4.60. The van der Waals surface area contributed by atoms with Crippen LogP contribution < -0.4 is 31.2 Å². The molecule has 1 heterocycles. The minimum absolute atomic E-state index is 0.141. The van der Waals surface area contributed by atoms with Crippen LogP contribution in [0.2, 0.25) is 0 Å². The number of amides is 3. The number of nitrogens with two attached hydrogens (primary N) is 1. The molecule has 234 valence electrons. The van der Waals surface area contributed by atoms with Crippen molar-refractivity contribution in [3.8, 4) is 11.5 Å². The van der Waals surface area contributed by atoms with Gasteiger partial charge < -0.3 is 40.6 Å². The average molecular weight is 606 g/mol.